The maximum atomic E-state index is 12.6. The summed E-state index contributed by atoms with van der Waals surface area (Å²) in [7, 11) is 3.66. The summed E-state index contributed by atoms with van der Waals surface area (Å²) in [6, 6.07) is 5.95. The van der Waals surface area contributed by atoms with Crippen LogP contribution in [0.15, 0.2) is 18.2 Å². The van der Waals surface area contributed by atoms with Gasteiger partial charge in [-0.05, 0) is 49.7 Å². The Labute approximate surface area is 153 Å². The van der Waals surface area contributed by atoms with E-state index in [1.807, 2.05) is 19.2 Å². The Morgan fingerprint density at radius 2 is 2.12 bits per heavy atom. The third-order valence-electron chi connectivity index (χ3n) is 6.58. The molecule has 6 nitrogen and oxygen atoms in total. The Morgan fingerprint density at radius 3 is 2.81 bits per heavy atom. The number of Topliss-reactive ketones (excluding diaryl/α,β-unsaturated/α-hetero) is 1. The molecule has 26 heavy (non-hydrogen) atoms. The minimum absolute atomic E-state index is 0.0468. The van der Waals surface area contributed by atoms with Crippen molar-refractivity contribution >= 4 is 17.5 Å². The first-order valence-corrected chi connectivity index (χ1v) is 9.01. The fraction of sp³-hybridized carbons (Fsp3) is 0.550. The summed E-state index contributed by atoms with van der Waals surface area (Å²) in [5.41, 5.74) is 0.804. The van der Waals surface area contributed by atoms with Crippen LogP contribution in [-0.4, -0.2) is 54.7 Å². The molecule has 2 aliphatic carbocycles. The maximum Gasteiger partial charge on any atom is 0.303 e. The Morgan fingerprint density at radius 1 is 1.35 bits per heavy atom. The molecule has 1 aliphatic heterocycles. The molecule has 0 spiro atoms. The molecule has 3 atom stereocenters. The minimum Gasteiger partial charge on any atom is -0.497 e. The number of nitrogens with one attached hydrogen (secondary N) is 1. The van der Waals surface area contributed by atoms with Gasteiger partial charge in [-0.3, -0.25) is 14.5 Å². The zero-order valence-corrected chi connectivity index (χ0v) is 15.4. The number of piperidine rings is 1. The first-order chi connectivity index (χ1) is 12.3. The normalized spacial score (nSPS) is 33.3. The monoisotopic (exact) mass is 356 g/mol. The number of hydrogen-bond acceptors (Lipinski definition) is 6. The summed E-state index contributed by atoms with van der Waals surface area (Å²) < 4.78 is 11.5. The predicted octanol–water partition coefficient (Wildman–Crippen LogP) is 1.88. The summed E-state index contributed by atoms with van der Waals surface area (Å²) in [6.45, 7) is 2.24. The van der Waals surface area contributed by atoms with Crippen LogP contribution < -0.4 is 4.74 Å². The lowest BCUT2D eigenvalue weighted by Gasteiger charge is -2.63. The van der Waals surface area contributed by atoms with E-state index >= 15 is 0 Å². The number of nitrogens with zero attached hydrogens (tertiary/aromatic N) is 1. The molecule has 1 aromatic rings. The van der Waals surface area contributed by atoms with Gasteiger partial charge in [0, 0.05) is 25.2 Å². The largest absolute Gasteiger partial charge is 0.497 e. The quantitative estimate of drug-likeness (QED) is 0.819. The van der Waals surface area contributed by atoms with E-state index in [0.717, 1.165) is 24.3 Å². The first-order valence-electron chi connectivity index (χ1n) is 9.01. The zero-order valence-electron chi connectivity index (χ0n) is 15.4. The van der Waals surface area contributed by atoms with E-state index in [2.05, 4.69) is 11.0 Å². The third kappa shape index (κ3) is 2.11. The van der Waals surface area contributed by atoms with Gasteiger partial charge >= 0.3 is 5.97 Å². The molecule has 2 bridgehead atoms. The number of carbonyl (C=O) groups is 2. The molecule has 1 heterocycles. The lowest BCUT2D eigenvalue weighted by Crippen LogP contribution is -2.75. The lowest BCUT2D eigenvalue weighted by molar-refractivity contribution is -0.195. The second-order valence-corrected chi connectivity index (χ2v) is 7.79. The van der Waals surface area contributed by atoms with Crippen LogP contribution in [0.1, 0.15) is 37.3 Å². The molecule has 6 heteroatoms. The van der Waals surface area contributed by atoms with Crippen LogP contribution in [0.2, 0.25) is 0 Å². The Kier molecular flexibility index (Phi) is 3.74. The molecule has 138 valence electrons. The van der Waals surface area contributed by atoms with E-state index in [1.165, 1.54) is 12.5 Å². The molecule has 0 amide bonds. The fourth-order valence-electron chi connectivity index (χ4n) is 5.43. The van der Waals surface area contributed by atoms with Gasteiger partial charge in [0.15, 0.2) is 5.78 Å². The van der Waals surface area contributed by atoms with E-state index in [9.17, 15) is 9.59 Å². The molecule has 1 saturated heterocycles. The van der Waals surface area contributed by atoms with Crippen molar-refractivity contribution in [3.05, 3.63) is 29.3 Å². The van der Waals surface area contributed by atoms with Gasteiger partial charge < -0.3 is 14.9 Å². The van der Waals surface area contributed by atoms with Crippen molar-refractivity contribution in [3.8, 4) is 5.75 Å². The highest BCUT2D eigenvalue weighted by molar-refractivity contribution is 6.40. The lowest BCUT2D eigenvalue weighted by atomic mass is 9.49. The van der Waals surface area contributed by atoms with Crippen molar-refractivity contribution in [2.24, 2.45) is 0 Å². The zero-order chi connectivity index (χ0) is 18.7. The molecular formula is C20H24N2O4. The first kappa shape index (κ1) is 17.2. The van der Waals surface area contributed by atoms with Crippen molar-refractivity contribution < 1.29 is 19.1 Å². The molecule has 1 N–H and O–H groups in total. The highest BCUT2D eigenvalue weighted by Crippen LogP contribution is 2.58. The van der Waals surface area contributed by atoms with Crippen molar-refractivity contribution in [3.63, 3.8) is 0 Å². The van der Waals surface area contributed by atoms with Gasteiger partial charge in [-0.1, -0.05) is 6.07 Å². The van der Waals surface area contributed by atoms with Crippen molar-refractivity contribution in [2.45, 2.75) is 49.7 Å². The van der Waals surface area contributed by atoms with E-state index in [4.69, 9.17) is 14.9 Å². The number of ketones is 1. The number of hydrogen-bond donors (Lipinski definition) is 1. The standard InChI is InChI=1S/C20H24N2O4/c1-12(23)26-20-10-16(21)17(24)11-19(20)6-7-22(2)18(20)8-13-4-5-14(25-3)9-15(13)19/h4-5,9,18,21H,6-8,10-11H2,1-3H3. The molecule has 3 aliphatic rings. The smallest absolute Gasteiger partial charge is 0.303 e. The van der Waals surface area contributed by atoms with Gasteiger partial charge in [0.25, 0.3) is 0 Å². The highest BCUT2D eigenvalue weighted by Gasteiger charge is 2.68. The van der Waals surface area contributed by atoms with Crippen LogP contribution in [0.25, 0.3) is 0 Å². The Balaban J connectivity index is 2.00. The summed E-state index contributed by atoms with van der Waals surface area (Å²) in [4.78, 5) is 26.9. The van der Waals surface area contributed by atoms with Crippen LogP contribution in [0, 0.1) is 5.41 Å². The summed E-state index contributed by atoms with van der Waals surface area (Å²) in [5, 5.41) is 8.21. The number of fused-ring (bicyclic) bond motifs is 1. The topological polar surface area (TPSA) is 79.7 Å². The molecule has 1 aromatic carbocycles. The molecule has 3 unspecified atom stereocenters. The second-order valence-electron chi connectivity index (χ2n) is 7.79. The average molecular weight is 356 g/mol. The highest BCUT2D eigenvalue weighted by atomic mass is 16.6. The van der Waals surface area contributed by atoms with Crippen molar-refractivity contribution in [1.29, 1.82) is 5.41 Å². The Bertz CT molecular complexity index is 820. The molecule has 2 fully saturated rings. The van der Waals surface area contributed by atoms with Crippen molar-refractivity contribution in [1.82, 2.24) is 4.90 Å². The number of methoxy groups -OCH3 is 1. The average Bonchev–Trinajstić information content (AvgIpc) is 2.59. The summed E-state index contributed by atoms with van der Waals surface area (Å²) in [6.07, 6.45) is 1.83. The summed E-state index contributed by atoms with van der Waals surface area (Å²) in [5.74, 6) is 0.232. The fourth-order valence-corrected chi connectivity index (χ4v) is 5.43. The second kappa shape index (κ2) is 5.64. The van der Waals surface area contributed by atoms with Crippen LogP contribution in [0.4, 0.5) is 0 Å². The number of likely N-dealkylation sites (tertiary alicyclic amines) is 1. The number of benzene rings is 1. The molecular weight excluding hydrogens is 332 g/mol. The van der Waals surface area contributed by atoms with Gasteiger partial charge in [0.05, 0.1) is 18.9 Å². The molecule has 0 radical (unpaired) electrons. The SMILES string of the molecule is COc1ccc2c(c1)C13CCN(C)C(C2)C1(OC(C)=O)CC(=N)C(=O)C3. The molecule has 4 rings (SSSR count). The van der Waals surface area contributed by atoms with Crippen molar-refractivity contribution in [2.75, 3.05) is 20.7 Å². The van der Waals surface area contributed by atoms with Gasteiger partial charge in [-0.2, -0.15) is 0 Å². The van der Waals surface area contributed by atoms with Gasteiger partial charge in [-0.15, -0.1) is 0 Å². The van der Waals surface area contributed by atoms with E-state index < -0.39 is 11.0 Å². The third-order valence-corrected chi connectivity index (χ3v) is 6.58. The van der Waals surface area contributed by atoms with Gasteiger partial charge in [-0.25, -0.2) is 0 Å². The summed E-state index contributed by atoms with van der Waals surface area (Å²) >= 11 is 0. The number of esters is 1. The van der Waals surface area contributed by atoms with Gasteiger partial charge in [0.1, 0.15) is 11.4 Å². The number of ether oxygens (including phenoxy) is 2. The van der Waals surface area contributed by atoms with E-state index in [0.29, 0.717) is 6.42 Å². The minimum atomic E-state index is -0.879. The van der Waals surface area contributed by atoms with Crippen LogP contribution >= 0.6 is 0 Å². The van der Waals surface area contributed by atoms with E-state index in [1.54, 1.807) is 7.11 Å². The molecule has 0 aromatic heterocycles. The maximum absolute atomic E-state index is 12.6. The number of carbonyl (C=O) groups excluding carboxylic acids is 2. The van der Waals surface area contributed by atoms with Crippen LogP contribution in [0.3, 0.4) is 0 Å². The number of likely N-dealkylation sites (N-methyl/N-ethyl adjacent to an activating group) is 1. The molecule has 1 saturated carbocycles. The number of rotatable bonds is 2. The predicted molar refractivity (Wildman–Crippen MR) is 95.9 cm³/mol. The Hall–Kier alpha value is -2.21. The van der Waals surface area contributed by atoms with Crippen LogP contribution in [-0.2, 0) is 26.2 Å². The van der Waals surface area contributed by atoms with Gasteiger partial charge in [0.2, 0.25) is 0 Å². The van der Waals surface area contributed by atoms with E-state index in [-0.39, 0.29) is 36.3 Å². The van der Waals surface area contributed by atoms with Crippen LogP contribution in [0.5, 0.6) is 5.75 Å².